The van der Waals surface area contributed by atoms with E-state index in [9.17, 15) is 0 Å². The zero-order valence-corrected chi connectivity index (χ0v) is 12.8. The fourth-order valence-corrected chi connectivity index (χ4v) is 3.62. The van der Waals surface area contributed by atoms with Crippen LogP contribution >= 0.6 is 11.3 Å². The Morgan fingerprint density at radius 2 is 2.05 bits per heavy atom. The summed E-state index contributed by atoms with van der Waals surface area (Å²) >= 11 is 1.82. The first-order valence-corrected chi connectivity index (χ1v) is 7.91. The van der Waals surface area contributed by atoms with Crippen LogP contribution in [0.5, 0.6) is 5.75 Å². The molecule has 106 valence electrons. The Hall–Kier alpha value is -1.39. The molecule has 0 fully saturated rings. The molecule has 20 heavy (non-hydrogen) atoms. The molecule has 1 aliphatic heterocycles. The van der Waals surface area contributed by atoms with E-state index in [1.54, 1.807) is 0 Å². The predicted molar refractivity (Wildman–Crippen MR) is 82.6 cm³/mol. The summed E-state index contributed by atoms with van der Waals surface area (Å²) in [6, 6.07) is 6.34. The molecular weight excluding hydrogens is 268 g/mol. The molecule has 1 N–H and O–H groups in total. The van der Waals surface area contributed by atoms with E-state index < -0.39 is 0 Å². The van der Waals surface area contributed by atoms with Crippen molar-refractivity contribution in [2.45, 2.75) is 33.2 Å². The van der Waals surface area contributed by atoms with Gasteiger partial charge in [-0.25, -0.2) is 4.98 Å². The molecule has 0 aliphatic carbocycles. The summed E-state index contributed by atoms with van der Waals surface area (Å²) in [6.45, 7) is 6.92. The van der Waals surface area contributed by atoms with Crippen molar-refractivity contribution >= 4 is 11.3 Å². The van der Waals surface area contributed by atoms with Crippen LogP contribution in [-0.2, 0) is 19.4 Å². The third-order valence-electron chi connectivity index (χ3n) is 3.43. The predicted octanol–water partition coefficient (Wildman–Crippen LogP) is 3.03. The Balaban J connectivity index is 1.58. The Bertz CT molecular complexity index is 563. The lowest BCUT2D eigenvalue weighted by atomic mass is 10.1. The van der Waals surface area contributed by atoms with E-state index in [0.29, 0.717) is 6.61 Å². The molecule has 0 saturated carbocycles. The second-order valence-corrected chi connectivity index (χ2v) is 6.49. The van der Waals surface area contributed by atoms with Gasteiger partial charge in [0.05, 0.1) is 17.3 Å². The average molecular weight is 288 g/mol. The van der Waals surface area contributed by atoms with Crippen LogP contribution in [0.2, 0.25) is 0 Å². The molecule has 3 nitrogen and oxygen atoms in total. The first kappa shape index (κ1) is 13.6. The highest BCUT2D eigenvalue weighted by Crippen LogP contribution is 2.22. The number of aromatic nitrogens is 1. The first-order valence-electron chi connectivity index (χ1n) is 7.10. The van der Waals surface area contributed by atoms with E-state index >= 15 is 0 Å². The lowest BCUT2D eigenvalue weighted by Gasteiger charge is -2.09. The summed E-state index contributed by atoms with van der Waals surface area (Å²) in [5.74, 6) is 0.963. The van der Waals surface area contributed by atoms with E-state index in [1.165, 1.54) is 26.7 Å². The Morgan fingerprint density at radius 3 is 2.80 bits per heavy atom. The molecular formula is C16H20N2OS. The quantitative estimate of drug-likeness (QED) is 0.939. The number of fused-ring (bicyclic) bond motifs is 1. The SMILES string of the molecule is Cc1cc(C)cc(OCCc2nc3c(s2)CNCC3)c1. The highest BCUT2D eigenvalue weighted by molar-refractivity contribution is 7.11. The fourth-order valence-electron chi connectivity index (χ4n) is 2.56. The van der Waals surface area contributed by atoms with Gasteiger partial charge in [-0.05, 0) is 37.1 Å². The third-order valence-corrected chi connectivity index (χ3v) is 4.58. The minimum Gasteiger partial charge on any atom is -0.493 e. The molecule has 0 atom stereocenters. The van der Waals surface area contributed by atoms with Gasteiger partial charge in [-0.3, -0.25) is 0 Å². The highest BCUT2D eigenvalue weighted by atomic mass is 32.1. The summed E-state index contributed by atoms with van der Waals surface area (Å²) in [4.78, 5) is 6.12. The highest BCUT2D eigenvalue weighted by Gasteiger charge is 2.14. The number of nitrogens with zero attached hydrogens (tertiary/aromatic N) is 1. The molecule has 1 aliphatic rings. The maximum absolute atomic E-state index is 5.85. The van der Waals surface area contributed by atoms with E-state index in [-0.39, 0.29) is 0 Å². The Morgan fingerprint density at radius 1 is 1.25 bits per heavy atom. The normalized spacial score (nSPS) is 14.1. The van der Waals surface area contributed by atoms with E-state index in [0.717, 1.165) is 31.7 Å². The number of benzene rings is 1. The number of hydrogen-bond donors (Lipinski definition) is 1. The van der Waals surface area contributed by atoms with Crippen LogP contribution < -0.4 is 10.1 Å². The first-order chi connectivity index (χ1) is 9.70. The van der Waals surface area contributed by atoms with Gasteiger partial charge in [0, 0.05) is 30.8 Å². The van der Waals surface area contributed by atoms with Crippen LogP contribution in [0.3, 0.4) is 0 Å². The molecule has 1 aromatic carbocycles. The standard InChI is InChI=1S/C16H20N2OS/c1-11-7-12(2)9-13(8-11)19-6-4-16-18-14-3-5-17-10-15(14)20-16/h7-9,17H,3-6,10H2,1-2H3. The van der Waals surface area contributed by atoms with Gasteiger partial charge in [-0.15, -0.1) is 11.3 Å². The van der Waals surface area contributed by atoms with Crippen molar-refractivity contribution in [2.24, 2.45) is 0 Å². The minimum atomic E-state index is 0.697. The van der Waals surface area contributed by atoms with Gasteiger partial charge < -0.3 is 10.1 Å². The number of hydrogen-bond acceptors (Lipinski definition) is 4. The second-order valence-electron chi connectivity index (χ2n) is 5.33. The van der Waals surface area contributed by atoms with Gasteiger partial charge in [-0.2, -0.15) is 0 Å². The van der Waals surface area contributed by atoms with Gasteiger partial charge in [0.15, 0.2) is 0 Å². The number of thiazole rings is 1. The molecule has 0 spiro atoms. The number of rotatable bonds is 4. The third kappa shape index (κ3) is 3.19. The van der Waals surface area contributed by atoms with Crippen molar-refractivity contribution in [3.63, 3.8) is 0 Å². The molecule has 3 rings (SSSR count). The van der Waals surface area contributed by atoms with E-state index in [2.05, 4.69) is 37.4 Å². The molecule has 0 bridgehead atoms. The summed E-state index contributed by atoms with van der Waals surface area (Å²) in [5, 5.41) is 4.59. The van der Waals surface area contributed by atoms with Gasteiger partial charge in [0.2, 0.25) is 0 Å². The largest absolute Gasteiger partial charge is 0.493 e. The number of ether oxygens (including phenoxy) is 1. The van der Waals surface area contributed by atoms with Crippen LogP contribution in [0.15, 0.2) is 18.2 Å². The van der Waals surface area contributed by atoms with Crippen molar-refractivity contribution in [3.05, 3.63) is 44.9 Å². The maximum atomic E-state index is 5.85. The van der Waals surface area contributed by atoms with Gasteiger partial charge in [0.1, 0.15) is 5.75 Å². The van der Waals surface area contributed by atoms with E-state index in [1.807, 2.05) is 11.3 Å². The van der Waals surface area contributed by atoms with Crippen LogP contribution in [0.4, 0.5) is 0 Å². The van der Waals surface area contributed by atoms with Crippen LogP contribution in [0, 0.1) is 13.8 Å². The van der Waals surface area contributed by atoms with Gasteiger partial charge in [0.25, 0.3) is 0 Å². The molecule has 0 unspecified atom stereocenters. The number of nitrogens with one attached hydrogen (secondary N) is 1. The Kier molecular flexibility index (Phi) is 4.03. The average Bonchev–Trinajstić information content (AvgIpc) is 2.80. The molecule has 1 aromatic heterocycles. The molecule has 0 saturated heterocycles. The van der Waals surface area contributed by atoms with Gasteiger partial charge >= 0.3 is 0 Å². The monoisotopic (exact) mass is 288 g/mol. The van der Waals surface area contributed by atoms with Crippen molar-refractivity contribution in [2.75, 3.05) is 13.2 Å². The van der Waals surface area contributed by atoms with Gasteiger partial charge in [-0.1, -0.05) is 6.07 Å². The summed E-state index contributed by atoms with van der Waals surface area (Å²) in [7, 11) is 0. The minimum absolute atomic E-state index is 0.697. The Labute approximate surface area is 124 Å². The number of aryl methyl sites for hydroxylation is 2. The smallest absolute Gasteiger partial charge is 0.119 e. The maximum Gasteiger partial charge on any atom is 0.119 e. The molecule has 4 heteroatoms. The van der Waals surface area contributed by atoms with E-state index in [4.69, 9.17) is 9.72 Å². The fraction of sp³-hybridized carbons (Fsp3) is 0.438. The molecule has 0 radical (unpaired) electrons. The van der Waals surface area contributed by atoms with Crippen molar-refractivity contribution in [1.29, 1.82) is 0 Å². The van der Waals surface area contributed by atoms with Crippen molar-refractivity contribution < 1.29 is 4.74 Å². The zero-order valence-electron chi connectivity index (χ0n) is 12.0. The lowest BCUT2D eigenvalue weighted by molar-refractivity contribution is 0.321. The summed E-state index contributed by atoms with van der Waals surface area (Å²) < 4.78 is 5.85. The van der Waals surface area contributed by atoms with Crippen molar-refractivity contribution in [1.82, 2.24) is 10.3 Å². The molecule has 2 aromatic rings. The van der Waals surface area contributed by atoms with Crippen molar-refractivity contribution in [3.8, 4) is 5.75 Å². The second kappa shape index (κ2) is 5.94. The molecule has 0 amide bonds. The van der Waals surface area contributed by atoms with Crippen LogP contribution in [0.25, 0.3) is 0 Å². The van der Waals surface area contributed by atoms with Crippen LogP contribution in [0.1, 0.15) is 26.7 Å². The summed E-state index contributed by atoms with van der Waals surface area (Å²) in [6.07, 6.45) is 1.95. The van der Waals surface area contributed by atoms with Crippen LogP contribution in [-0.4, -0.2) is 18.1 Å². The molecule has 2 heterocycles. The lowest BCUT2D eigenvalue weighted by Crippen LogP contribution is -2.22. The zero-order chi connectivity index (χ0) is 13.9. The summed E-state index contributed by atoms with van der Waals surface area (Å²) in [5.41, 5.74) is 3.78. The topological polar surface area (TPSA) is 34.1 Å².